The highest BCUT2D eigenvalue weighted by Gasteiger charge is 2.26. The Morgan fingerprint density at radius 1 is 0.809 bits per heavy atom. The quantitative estimate of drug-likeness (QED) is 0.0917. The van der Waals surface area contributed by atoms with Gasteiger partial charge in [-0.05, 0) is 94.8 Å². The smallest absolute Gasteiger partial charge is 0.249 e. The minimum atomic E-state index is -0.398. The third-order valence-electron chi connectivity index (χ3n) is 8.82. The molecule has 2 aliphatic rings. The zero-order valence-electron chi connectivity index (χ0n) is 26.2. The standard InChI is InChI=1S/C38H39ClN4O4/c39-19-18-34(27-6-12-32(44)13-7-27)37(29-8-14-33(45)15-9-29)28-4-10-31(11-5-28)43-22-20-42(21-23-43)25-26-2-1-3-30(24-26)40-35-16-17-36(46)41-38(35)47/h1-15,24,35,40,44-45H,16-23,25H2,(H,41,46,47). The number of nitrogens with zero attached hydrogens (tertiary/aromatic N) is 2. The number of phenolic OH excluding ortho intramolecular Hbond substituents is 2. The molecule has 2 amide bonds. The summed E-state index contributed by atoms with van der Waals surface area (Å²) in [6.07, 6.45) is 1.49. The Morgan fingerprint density at radius 3 is 2.04 bits per heavy atom. The summed E-state index contributed by atoms with van der Waals surface area (Å²) in [6, 6.07) is 30.9. The van der Waals surface area contributed by atoms with Gasteiger partial charge in [0, 0.05) is 56.4 Å². The predicted molar refractivity (Wildman–Crippen MR) is 188 cm³/mol. The van der Waals surface area contributed by atoms with E-state index in [-0.39, 0.29) is 23.3 Å². The fourth-order valence-electron chi connectivity index (χ4n) is 6.37. The molecule has 9 heteroatoms. The highest BCUT2D eigenvalue weighted by atomic mass is 35.5. The van der Waals surface area contributed by atoms with Crippen molar-refractivity contribution in [3.63, 3.8) is 0 Å². The van der Waals surface area contributed by atoms with Gasteiger partial charge in [0.05, 0.1) is 0 Å². The van der Waals surface area contributed by atoms with E-state index in [1.54, 1.807) is 24.3 Å². The summed E-state index contributed by atoms with van der Waals surface area (Å²) in [5.41, 5.74) is 8.36. The summed E-state index contributed by atoms with van der Waals surface area (Å²) >= 11 is 6.31. The Morgan fingerprint density at radius 2 is 1.43 bits per heavy atom. The van der Waals surface area contributed by atoms with Crippen LogP contribution in [0.3, 0.4) is 0 Å². The van der Waals surface area contributed by atoms with Gasteiger partial charge in [-0.2, -0.15) is 0 Å². The van der Waals surface area contributed by atoms with Gasteiger partial charge in [-0.3, -0.25) is 19.8 Å². The second kappa shape index (κ2) is 14.8. The third-order valence-corrected chi connectivity index (χ3v) is 9.01. The number of carbonyl (C=O) groups excluding carboxylic acids is 2. The first-order valence-corrected chi connectivity index (χ1v) is 16.5. The van der Waals surface area contributed by atoms with Crippen LogP contribution in [0.25, 0.3) is 11.1 Å². The number of benzene rings is 4. The summed E-state index contributed by atoms with van der Waals surface area (Å²) in [7, 11) is 0. The zero-order valence-corrected chi connectivity index (χ0v) is 26.9. The summed E-state index contributed by atoms with van der Waals surface area (Å²) in [5.74, 6) is 0.388. The Hall–Kier alpha value is -4.79. The van der Waals surface area contributed by atoms with Crippen LogP contribution in [0.2, 0.25) is 0 Å². The highest BCUT2D eigenvalue weighted by Crippen LogP contribution is 2.36. The van der Waals surface area contributed by atoms with Crippen molar-refractivity contribution in [2.24, 2.45) is 0 Å². The lowest BCUT2D eigenvalue weighted by Crippen LogP contribution is -2.47. The number of phenols is 2. The van der Waals surface area contributed by atoms with Gasteiger partial charge in [-0.15, -0.1) is 11.6 Å². The Labute approximate surface area is 280 Å². The molecule has 2 saturated heterocycles. The first kappa shape index (κ1) is 32.2. The number of allylic oxidation sites excluding steroid dienone is 1. The maximum atomic E-state index is 12.2. The van der Waals surface area contributed by atoms with Gasteiger partial charge in [0.1, 0.15) is 17.5 Å². The molecule has 0 bridgehead atoms. The first-order chi connectivity index (χ1) is 22.9. The lowest BCUT2D eigenvalue weighted by molar-refractivity contribution is -0.133. The highest BCUT2D eigenvalue weighted by molar-refractivity contribution is 6.18. The van der Waals surface area contributed by atoms with E-state index in [1.165, 1.54) is 5.56 Å². The molecule has 6 rings (SSSR count). The van der Waals surface area contributed by atoms with E-state index in [2.05, 4.69) is 56.8 Å². The molecule has 0 radical (unpaired) electrons. The van der Waals surface area contributed by atoms with Crippen LogP contribution in [0.1, 0.15) is 41.5 Å². The molecular formula is C38H39ClN4O4. The van der Waals surface area contributed by atoms with Gasteiger partial charge < -0.3 is 20.4 Å². The van der Waals surface area contributed by atoms with E-state index in [0.717, 1.165) is 71.9 Å². The summed E-state index contributed by atoms with van der Waals surface area (Å²) < 4.78 is 0. The first-order valence-electron chi connectivity index (χ1n) is 16.0. The second-order valence-electron chi connectivity index (χ2n) is 12.0. The maximum Gasteiger partial charge on any atom is 0.249 e. The molecule has 1 unspecified atom stereocenters. The van der Waals surface area contributed by atoms with Crippen molar-refractivity contribution in [3.8, 4) is 11.5 Å². The second-order valence-corrected chi connectivity index (χ2v) is 12.4. The molecule has 1 atom stereocenters. The number of piperidine rings is 1. The molecule has 242 valence electrons. The monoisotopic (exact) mass is 650 g/mol. The van der Waals surface area contributed by atoms with Crippen molar-refractivity contribution in [2.75, 3.05) is 42.3 Å². The molecule has 2 fully saturated rings. The molecule has 2 heterocycles. The molecule has 47 heavy (non-hydrogen) atoms. The van der Waals surface area contributed by atoms with E-state index in [0.29, 0.717) is 25.1 Å². The predicted octanol–water partition coefficient (Wildman–Crippen LogP) is 6.23. The molecule has 4 aromatic rings. The van der Waals surface area contributed by atoms with E-state index in [1.807, 2.05) is 36.4 Å². The molecule has 4 N–H and O–H groups in total. The SMILES string of the molecule is O=C1CCC(Nc2cccc(CN3CCN(c4ccc(C(=C(CCCl)c5ccc(O)cc5)c5ccc(O)cc5)cc4)CC3)c2)C(=O)N1. The average molecular weight is 651 g/mol. The summed E-state index contributed by atoms with van der Waals surface area (Å²) in [4.78, 5) is 28.5. The van der Waals surface area contributed by atoms with Crippen LogP contribution in [-0.4, -0.2) is 65.0 Å². The Kier molecular flexibility index (Phi) is 10.1. The van der Waals surface area contributed by atoms with Gasteiger partial charge in [-0.1, -0.05) is 48.5 Å². The van der Waals surface area contributed by atoms with Gasteiger partial charge in [0.25, 0.3) is 0 Å². The lowest BCUT2D eigenvalue weighted by atomic mass is 9.88. The fourth-order valence-corrected chi connectivity index (χ4v) is 6.56. The van der Waals surface area contributed by atoms with Crippen LogP contribution in [0.5, 0.6) is 11.5 Å². The number of hydrogen-bond acceptors (Lipinski definition) is 7. The number of nitrogens with one attached hydrogen (secondary N) is 2. The number of rotatable bonds is 10. The van der Waals surface area contributed by atoms with Crippen molar-refractivity contribution in [1.29, 1.82) is 0 Å². The van der Waals surface area contributed by atoms with Crippen LogP contribution in [0.4, 0.5) is 11.4 Å². The fraction of sp³-hybridized carbons (Fsp3) is 0.263. The van der Waals surface area contributed by atoms with E-state index in [9.17, 15) is 19.8 Å². The van der Waals surface area contributed by atoms with Crippen molar-refractivity contribution >= 4 is 45.9 Å². The number of alkyl halides is 1. The topological polar surface area (TPSA) is 105 Å². The number of piperazine rings is 1. The van der Waals surface area contributed by atoms with Crippen LogP contribution < -0.4 is 15.5 Å². The van der Waals surface area contributed by atoms with Gasteiger partial charge in [0.15, 0.2) is 0 Å². The van der Waals surface area contributed by atoms with Crippen LogP contribution in [0.15, 0.2) is 97.1 Å². The molecule has 0 aromatic heterocycles. The molecule has 4 aromatic carbocycles. The third kappa shape index (κ3) is 7.96. The number of hydrogen-bond donors (Lipinski definition) is 4. The number of carbonyl (C=O) groups is 2. The average Bonchev–Trinajstić information content (AvgIpc) is 3.08. The number of halogens is 1. The maximum absolute atomic E-state index is 12.2. The normalized spacial score (nSPS) is 17.6. The molecule has 2 aliphatic heterocycles. The van der Waals surface area contributed by atoms with E-state index in [4.69, 9.17) is 11.6 Å². The van der Waals surface area contributed by atoms with Crippen LogP contribution >= 0.6 is 11.6 Å². The van der Waals surface area contributed by atoms with Gasteiger partial charge in [-0.25, -0.2) is 0 Å². The van der Waals surface area contributed by atoms with Crippen molar-refractivity contribution in [2.45, 2.75) is 31.8 Å². The van der Waals surface area contributed by atoms with Gasteiger partial charge >= 0.3 is 0 Å². The summed E-state index contributed by atoms with van der Waals surface area (Å²) in [6.45, 7) is 4.47. The van der Waals surface area contributed by atoms with Crippen LogP contribution in [0, 0.1) is 0 Å². The van der Waals surface area contributed by atoms with Crippen molar-refractivity contribution in [3.05, 3.63) is 119 Å². The van der Waals surface area contributed by atoms with Crippen molar-refractivity contribution < 1.29 is 19.8 Å². The number of imide groups is 1. The molecular weight excluding hydrogens is 612 g/mol. The largest absolute Gasteiger partial charge is 0.508 e. The number of amides is 2. The van der Waals surface area contributed by atoms with E-state index >= 15 is 0 Å². The molecule has 0 spiro atoms. The minimum absolute atomic E-state index is 0.211. The van der Waals surface area contributed by atoms with Crippen molar-refractivity contribution in [1.82, 2.24) is 10.2 Å². The van der Waals surface area contributed by atoms with E-state index < -0.39 is 6.04 Å². The molecule has 0 aliphatic carbocycles. The van der Waals surface area contributed by atoms with Crippen LogP contribution in [-0.2, 0) is 16.1 Å². The number of anilines is 2. The zero-order chi connectivity index (χ0) is 32.8. The Balaban J connectivity index is 1.14. The Bertz CT molecular complexity index is 1730. The minimum Gasteiger partial charge on any atom is -0.508 e. The lowest BCUT2D eigenvalue weighted by Gasteiger charge is -2.36. The molecule has 0 saturated carbocycles. The number of aromatic hydroxyl groups is 2. The van der Waals surface area contributed by atoms with Gasteiger partial charge in [0.2, 0.25) is 11.8 Å². The summed E-state index contributed by atoms with van der Waals surface area (Å²) in [5, 5.41) is 25.6. The molecule has 8 nitrogen and oxygen atoms in total.